The molecule has 0 aliphatic carbocycles. The van der Waals surface area contributed by atoms with E-state index in [1.807, 2.05) is 57.2 Å². The fraction of sp³-hybridized carbons (Fsp3) is 0.312. The van der Waals surface area contributed by atoms with Crippen LogP contribution in [0.15, 0.2) is 42.6 Å². The molecule has 0 aliphatic heterocycles. The average molecular weight is 257 g/mol. The third kappa shape index (κ3) is 3.12. The van der Waals surface area contributed by atoms with Gasteiger partial charge in [-0.25, -0.2) is 0 Å². The number of aromatic nitrogens is 1. The Labute approximate surface area is 113 Å². The molecule has 100 valence electrons. The van der Waals surface area contributed by atoms with Gasteiger partial charge in [0, 0.05) is 23.0 Å². The molecule has 1 heterocycles. The third-order valence-corrected chi connectivity index (χ3v) is 2.92. The monoisotopic (exact) mass is 257 g/mol. The quantitative estimate of drug-likeness (QED) is 0.914. The summed E-state index contributed by atoms with van der Waals surface area (Å²) < 4.78 is 5.75. The van der Waals surface area contributed by atoms with Gasteiger partial charge < -0.3 is 9.84 Å². The molecule has 0 spiro atoms. The molecule has 1 unspecified atom stereocenters. The van der Waals surface area contributed by atoms with E-state index in [2.05, 4.69) is 4.98 Å². The fourth-order valence-electron chi connectivity index (χ4n) is 2.02. The summed E-state index contributed by atoms with van der Waals surface area (Å²) in [4.78, 5) is 4.22. The first kappa shape index (κ1) is 13.6. The summed E-state index contributed by atoms with van der Waals surface area (Å²) in [6.45, 7) is 5.83. The van der Waals surface area contributed by atoms with E-state index in [1.54, 1.807) is 6.20 Å². The highest BCUT2D eigenvalue weighted by atomic mass is 16.5. The van der Waals surface area contributed by atoms with E-state index in [-0.39, 0.29) is 6.10 Å². The fourth-order valence-corrected chi connectivity index (χ4v) is 2.02. The normalized spacial score (nSPS) is 12.5. The number of aryl methyl sites for hydroxylation is 1. The molecule has 2 aromatic rings. The van der Waals surface area contributed by atoms with Crippen LogP contribution in [0.4, 0.5) is 0 Å². The minimum Gasteiger partial charge on any atom is -0.491 e. The Morgan fingerprint density at radius 1 is 1.05 bits per heavy atom. The van der Waals surface area contributed by atoms with Crippen molar-refractivity contribution in [2.75, 3.05) is 0 Å². The van der Waals surface area contributed by atoms with Gasteiger partial charge in [0.2, 0.25) is 0 Å². The molecule has 0 bridgehead atoms. The van der Waals surface area contributed by atoms with E-state index < -0.39 is 6.10 Å². The first-order valence-corrected chi connectivity index (χ1v) is 6.44. The molecule has 0 fully saturated rings. The summed E-state index contributed by atoms with van der Waals surface area (Å²) in [7, 11) is 0. The van der Waals surface area contributed by atoms with Crippen LogP contribution < -0.4 is 4.74 Å². The Hall–Kier alpha value is -1.87. The average Bonchev–Trinajstić information content (AvgIpc) is 2.38. The SMILES string of the molecule is Cc1ncccc1C(O)c1ccccc1OC(C)C. The summed E-state index contributed by atoms with van der Waals surface area (Å²) >= 11 is 0. The summed E-state index contributed by atoms with van der Waals surface area (Å²) in [6.07, 6.45) is 1.08. The molecule has 1 aromatic carbocycles. The molecule has 3 heteroatoms. The number of hydrogen-bond donors (Lipinski definition) is 1. The highest BCUT2D eigenvalue weighted by molar-refractivity contribution is 5.41. The number of para-hydroxylation sites is 1. The van der Waals surface area contributed by atoms with Gasteiger partial charge in [0.1, 0.15) is 11.9 Å². The highest BCUT2D eigenvalue weighted by Gasteiger charge is 2.17. The van der Waals surface area contributed by atoms with E-state index in [4.69, 9.17) is 4.74 Å². The van der Waals surface area contributed by atoms with Crippen molar-refractivity contribution in [2.45, 2.75) is 33.0 Å². The van der Waals surface area contributed by atoms with Crippen LogP contribution in [0.3, 0.4) is 0 Å². The molecule has 19 heavy (non-hydrogen) atoms. The summed E-state index contributed by atoms with van der Waals surface area (Å²) in [5.74, 6) is 0.716. The van der Waals surface area contributed by atoms with Crippen molar-refractivity contribution in [1.29, 1.82) is 0 Å². The lowest BCUT2D eigenvalue weighted by molar-refractivity contribution is 0.197. The summed E-state index contributed by atoms with van der Waals surface area (Å²) in [5.41, 5.74) is 2.41. The van der Waals surface area contributed by atoms with Gasteiger partial charge in [-0.1, -0.05) is 24.3 Å². The summed E-state index contributed by atoms with van der Waals surface area (Å²) in [6, 6.07) is 11.3. The van der Waals surface area contributed by atoms with E-state index >= 15 is 0 Å². The lowest BCUT2D eigenvalue weighted by Crippen LogP contribution is -2.10. The Bertz CT molecular complexity index is 552. The van der Waals surface area contributed by atoms with Crippen molar-refractivity contribution in [1.82, 2.24) is 4.98 Å². The van der Waals surface area contributed by atoms with Gasteiger partial charge in [0.15, 0.2) is 0 Å². The smallest absolute Gasteiger partial charge is 0.125 e. The maximum absolute atomic E-state index is 10.5. The number of benzene rings is 1. The van der Waals surface area contributed by atoms with E-state index in [0.717, 1.165) is 16.8 Å². The van der Waals surface area contributed by atoms with Crippen molar-refractivity contribution >= 4 is 0 Å². The number of pyridine rings is 1. The lowest BCUT2D eigenvalue weighted by atomic mass is 10.00. The number of ether oxygens (including phenoxy) is 1. The predicted octanol–water partition coefficient (Wildman–Crippen LogP) is 3.26. The zero-order valence-corrected chi connectivity index (χ0v) is 11.5. The Morgan fingerprint density at radius 3 is 2.42 bits per heavy atom. The second-order valence-corrected chi connectivity index (χ2v) is 4.79. The van der Waals surface area contributed by atoms with Gasteiger partial charge in [0.25, 0.3) is 0 Å². The van der Waals surface area contributed by atoms with Gasteiger partial charge in [-0.2, -0.15) is 0 Å². The molecular weight excluding hydrogens is 238 g/mol. The van der Waals surface area contributed by atoms with Crippen molar-refractivity contribution in [3.05, 3.63) is 59.4 Å². The van der Waals surface area contributed by atoms with Crippen LogP contribution in [-0.4, -0.2) is 16.2 Å². The standard InChI is InChI=1S/C16H19NO2/c1-11(2)19-15-9-5-4-7-14(15)16(18)13-8-6-10-17-12(13)3/h4-11,16,18H,1-3H3. The van der Waals surface area contributed by atoms with Gasteiger partial charge >= 0.3 is 0 Å². The van der Waals surface area contributed by atoms with Crippen LogP contribution in [-0.2, 0) is 0 Å². The maximum Gasteiger partial charge on any atom is 0.125 e. The molecule has 0 saturated carbocycles. The van der Waals surface area contributed by atoms with Crippen LogP contribution >= 0.6 is 0 Å². The molecular formula is C16H19NO2. The lowest BCUT2D eigenvalue weighted by Gasteiger charge is -2.19. The largest absolute Gasteiger partial charge is 0.491 e. The minimum absolute atomic E-state index is 0.0725. The number of rotatable bonds is 4. The Balaban J connectivity index is 2.39. The van der Waals surface area contributed by atoms with Crippen LogP contribution in [0.25, 0.3) is 0 Å². The van der Waals surface area contributed by atoms with Gasteiger partial charge in [-0.05, 0) is 32.9 Å². The van der Waals surface area contributed by atoms with Crippen LogP contribution in [0.2, 0.25) is 0 Å². The predicted molar refractivity (Wildman–Crippen MR) is 75.2 cm³/mol. The molecule has 0 aliphatic rings. The molecule has 3 nitrogen and oxygen atoms in total. The van der Waals surface area contributed by atoms with Gasteiger partial charge in [0.05, 0.1) is 6.10 Å². The Morgan fingerprint density at radius 2 is 1.74 bits per heavy atom. The molecule has 2 rings (SSSR count). The van der Waals surface area contributed by atoms with Crippen LogP contribution in [0.5, 0.6) is 5.75 Å². The van der Waals surface area contributed by atoms with E-state index in [1.165, 1.54) is 0 Å². The van der Waals surface area contributed by atoms with Crippen molar-refractivity contribution in [3.63, 3.8) is 0 Å². The number of aliphatic hydroxyl groups excluding tert-OH is 1. The first-order valence-electron chi connectivity index (χ1n) is 6.44. The minimum atomic E-state index is -0.719. The van der Waals surface area contributed by atoms with E-state index in [0.29, 0.717) is 5.75 Å². The van der Waals surface area contributed by atoms with Crippen LogP contribution in [0, 0.1) is 6.92 Å². The zero-order chi connectivity index (χ0) is 13.8. The maximum atomic E-state index is 10.5. The summed E-state index contributed by atoms with van der Waals surface area (Å²) in [5, 5.41) is 10.5. The molecule has 0 radical (unpaired) electrons. The van der Waals surface area contributed by atoms with Crippen LogP contribution in [0.1, 0.15) is 36.8 Å². The van der Waals surface area contributed by atoms with Crippen molar-refractivity contribution in [3.8, 4) is 5.75 Å². The third-order valence-electron chi connectivity index (χ3n) is 2.92. The molecule has 1 N–H and O–H groups in total. The van der Waals surface area contributed by atoms with Gasteiger partial charge in [-0.15, -0.1) is 0 Å². The molecule has 0 amide bonds. The molecule has 1 aromatic heterocycles. The Kier molecular flexibility index (Phi) is 4.17. The molecule has 1 atom stereocenters. The van der Waals surface area contributed by atoms with Gasteiger partial charge in [-0.3, -0.25) is 4.98 Å². The number of aliphatic hydroxyl groups is 1. The number of nitrogens with zero attached hydrogens (tertiary/aromatic N) is 1. The zero-order valence-electron chi connectivity index (χ0n) is 11.5. The van der Waals surface area contributed by atoms with Crippen molar-refractivity contribution in [2.24, 2.45) is 0 Å². The van der Waals surface area contributed by atoms with E-state index in [9.17, 15) is 5.11 Å². The highest BCUT2D eigenvalue weighted by Crippen LogP contribution is 2.31. The second kappa shape index (κ2) is 5.85. The molecule has 0 saturated heterocycles. The number of hydrogen-bond acceptors (Lipinski definition) is 3. The topological polar surface area (TPSA) is 42.4 Å². The van der Waals surface area contributed by atoms with Crippen molar-refractivity contribution < 1.29 is 9.84 Å². The first-order chi connectivity index (χ1) is 9.09. The second-order valence-electron chi connectivity index (χ2n) is 4.79.